The van der Waals surface area contributed by atoms with Crippen LogP contribution in [0.1, 0.15) is 10.4 Å². The minimum absolute atomic E-state index is 0.160. The first-order valence-corrected chi connectivity index (χ1v) is 8.25. The Morgan fingerprint density at radius 1 is 1.04 bits per heavy atom. The van der Waals surface area contributed by atoms with Crippen molar-refractivity contribution in [3.05, 3.63) is 71.2 Å². The van der Waals surface area contributed by atoms with Gasteiger partial charge in [0.05, 0.1) is 10.2 Å². The van der Waals surface area contributed by atoms with Crippen LogP contribution in [0.5, 0.6) is 0 Å². The number of anilines is 1. The van der Waals surface area contributed by atoms with Gasteiger partial charge >= 0.3 is 0 Å². The second-order valence-corrected chi connectivity index (χ2v) is 6.58. The molecule has 0 aliphatic rings. The standard InChI is InChI=1S/C18H11ClN2OS/c19-12-8-9-15-16(10-12)23-18(20-15)21-17(22)14-7-3-5-11-4-1-2-6-13(11)14/h1-10H,(H,20,21,22). The fourth-order valence-corrected chi connectivity index (χ4v) is 3.68. The Morgan fingerprint density at radius 2 is 1.87 bits per heavy atom. The van der Waals surface area contributed by atoms with E-state index in [-0.39, 0.29) is 5.91 Å². The average Bonchev–Trinajstić information content (AvgIpc) is 2.95. The number of thiazole rings is 1. The van der Waals surface area contributed by atoms with Crippen LogP contribution in [0.15, 0.2) is 60.7 Å². The molecule has 1 amide bonds. The normalized spacial score (nSPS) is 11.0. The van der Waals surface area contributed by atoms with Crippen molar-refractivity contribution >= 4 is 55.0 Å². The minimum atomic E-state index is -0.160. The molecule has 0 bridgehead atoms. The van der Waals surface area contributed by atoms with E-state index in [0.717, 1.165) is 21.0 Å². The third kappa shape index (κ3) is 2.67. The Hall–Kier alpha value is -2.43. The molecule has 0 aliphatic heterocycles. The van der Waals surface area contributed by atoms with Crippen molar-refractivity contribution in [2.24, 2.45) is 0 Å². The molecule has 1 N–H and O–H groups in total. The fourth-order valence-electron chi connectivity index (χ4n) is 2.54. The van der Waals surface area contributed by atoms with Gasteiger partial charge in [-0.2, -0.15) is 0 Å². The van der Waals surface area contributed by atoms with E-state index in [9.17, 15) is 4.79 Å². The summed E-state index contributed by atoms with van der Waals surface area (Å²) in [5.74, 6) is -0.160. The number of halogens is 1. The second kappa shape index (κ2) is 5.65. The van der Waals surface area contributed by atoms with E-state index in [1.165, 1.54) is 11.3 Å². The Labute approximate surface area is 141 Å². The van der Waals surface area contributed by atoms with E-state index < -0.39 is 0 Å². The van der Waals surface area contributed by atoms with Crippen LogP contribution in [-0.2, 0) is 0 Å². The lowest BCUT2D eigenvalue weighted by atomic mass is 10.0. The van der Waals surface area contributed by atoms with Crippen molar-refractivity contribution in [3.8, 4) is 0 Å². The van der Waals surface area contributed by atoms with E-state index in [2.05, 4.69) is 10.3 Å². The zero-order chi connectivity index (χ0) is 15.8. The molecule has 23 heavy (non-hydrogen) atoms. The van der Waals surface area contributed by atoms with Crippen LogP contribution in [0.2, 0.25) is 5.02 Å². The van der Waals surface area contributed by atoms with Gasteiger partial charge in [-0.15, -0.1) is 0 Å². The van der Waals surface area contributed by atoms with E-state index in [1.807, 2.05) is 54.6 Å². The van der Waals surface area contributed by atoms with Crippen molar-refractivity contribution < 1.29 is 4.79 Å². The largest absolute Gasteiger partial charge is 0.298 e. The van der Waals surface area contributed by atoms with Gasteiger partial charge in [0.2, 0.25) is 0 Å². The van der Waals surface area contributed by atoms with Gasteiger partial charge in [0.25, 0.3) is 5.91 Å². The molecular formula is C18H11ClN2OS. The maximum Gasteiger partial charge on any atom is 0.258 e. The van der Waals surface area contributed by atoms with Gasteiger partial charge in [-0.1, -0.05) is 59.3 Å². The molecule has 0 atom stereocenters. The Morgan fingerprint density at radius 3 is 2.78 bits per heavy atom. The molecule has 0 radical (unpaired) electrons. The van der Waals surface area contributed by atoms with Crippen LogP contribution in [0.4, 0.5) is 5.13 Å². The van der Waals surface area contributed by atoms with Crippen LogP contribution in [0.25, 0.3) is 21.0 Å². The number of carbonyl (C=O) groups excluding carboxylic acids is 1. The highest BCUT2D eigenvalue weighted by Crippen LogP contribution is 2.29. The van der Waals surface area contributed by atoms with Gasteiger partial charge in [0.15, 0.2) is 5.13 Å². The van der Waals surface area contributed by atoms with Gasteiger partial charge in [-0.05, 0) is 35.0 Å². The van der Waals surface area contributed by atoms with Crippen LogP contribution in [0, 0.1) is 0 Å². The number of amides is 1. The molecule has 0 saturated heterocycles. The first kappa shape index (κ1) is 14.2. The van der Waals surface area contributed by atoms with Crippen molar-refractivity contribution in [2.45, 2.75) is 0 Å². The summed E-state index contributed by atoms with van der Waals surface area (Å²) in [6.45, 7) is 0. The summed E-state index contributed by atoms with van der Waals surface area (Å²) in [6, 6.07) is 19.0. The van der Waals surface area contributed by atoms with Gasteiger partial charge < -0.3 is 0 Å². The predicted molar refractivity (Wildman–Crippen MR) is 96.5 cm³/mol. The smallest absolute Gasteiger partial charge is 0.258 e. The number of hydrogen-bond donors (Lipinski definition) is 1. The summed E-state index contributed by atoms with van der Waals surface area (Å²) >= 11 is 7.40. The SMILES string of the molecule is O=C(Nc1nc2ccc(Cl)cc2s1)c1cccc2ccccc12. The molecule has 4 aromatic rings. The molecule has 0 fully saturated rings. The Balaban J connectivity index is 1.70. The molecule has 1 heterocycles. The van der Waals surface area contributed by atoms with Gasteiger partial charge in [0, 0.05) is 10.6 Å². The highest BCUT2D eigenvalue weighted by atomic mass is 35.5. The number of carbonyl (C=O) groups is 1. The maximum absolute atomic E-state index is 12.6. The zero-order valence-electron chi connectivity index (χ0n) is 11.9. The van der Waals surface area contributed by atoms with E-state index in [1.54, 1.807) is 6.07 Å². The summed E-state index contributed by atoms with van der Waals surface area (Å²) in [7, 11) is 0. The van der Waals surface area contributed by atoms with Crippen molar-refractivity contribution in [2.75, 3.05) is 5.32 Å². The lowest BCUT2D eigenvalue weighted by Crippen LogP contribution is -2.12. The van der Waals surface area contributed by atoms with Crippen molar-refractivity contribution in [3.63, 3.8) is 0 Å². The molecule has 112 valence electrons. The maximum atomic E-state index is 12.6. The van der Waals surface area contributed by atoms with Gasteiger partial charge in [0.1, 0.15) is 0 Å². The molecule has 3 nitrogen and oxygen atoms in total. The van der Waals surface area contributed by atoms with E-state index >= 15 is 0 Å². The number of hydrogen-bond acceptors (Lipinski definition) is 3. The predicted octanol–water partition coefficient (Wildman–Crippen LogP) is 5.36. The van der Waals surface area contributed by atoms with Crippen molar-refractivity contribution in [1.29, 1.82) is 0 Å². The summed E-state index contributed by atoms with van der Waals surface area (Å²) in [4.78, 5) is 17.0. The first-order valence-electron chi connectivity index (χ1n) is 7.06. The summed E-state index contributed by atoms with van der Waals surface area (Å²) in [5.41, 5.74) is 1.47. The van der Waals surface area contributed by atoms with Crippen molar-refractivity contribution in [1.82, 2.24) is 4.98 Å². The van der Waals surface area contributed by atoms with Crippen LogP contribution in [0.3, 0.4) is 0 Å². The fraction of sp³-hybridized carbons (Fsp3) is 0. The van der Waals surface area contributed by atoms with E-state index in [4.69, 9.17) is 11.6 Å². The third-order valence-electron chi connectivity index (χ3n) is 3.61. The molecule has 4 rings (SSSR count). The molecule has 1 aromatic heterocycles. The van der Waals surface area contributed by atoms with Crippen LogP contribution in [-0.4, -0.2) is 10.9 Å². The molecule has 0 aliphatic carbocycles. The van der Waals surface area contributed by atoms with Crippen LogP contribution < -0.4 is 5.32 Å². The Kier molecular flexibility index (Phi) is 3.48. The zero-order valence-corrected chi connectivity index (χ0v) is 13.5. The van der Waals surface area contributed by atoms with E-state index in [0.29, 0.717) is 15.7 Å². The highest BCUT2D eigenvalue weighted by Gasteiger charge is 2.12. The van der Waals surface area contributed by atoms with Crippen LogP contribution >= 0.6 is 22.9 Å². The first-order chi connectivity index (χ1) is 11.2. The van der Waals surface area contributed by atoms with Gasteiger partial charge in [-0.25, -0.2) is 4.98 Å². The van der Waals surface area contributed by atoms with Gasteiger partial charge in [-0.3, -0.25) is 10.1 Å². The lowest BCUT2D eigenvalue weighted by molar-refractivity contribution is 0.102. The number of nitrogens with one attached hydrogen (secondary N) is 1. The molecule has 3 aromatic carbocycles. The number of nitrogens with zero attached hydrogens (tertiary/aromatic N) is 1. The molecule has 5 heteroatoms. The number of fused-ring (bicyclic) bond motifs is 2. The Bertz CT molecular complexity index is 1040. The summed E-state index contributed by atoms with van der Waals surface area (Å²) in [6.07, 6.45) is 0. The molecule has 0 spiro atoms. The number of aromatic nitrogens is 1. The molecular weight excluding hydrogens is 328 g/mol. The number of rotatable bonds is 2. The highest BCUT2D eigenvalue weighted by molar-refractivity contribution is 7.22. The molecule has 0 saturated carbocycles. The quantitative estimate of drug-likeness (QED) is 0.535. The number of benzene rings is 3. The second-order valence-electron chi connectivity index (χ2n) is 5.11. The lowest BCUT2D eigenvalue weighted by Gasteiger charge is -2.05. The third-order valence-corrected chi connectivity index (χ3v) is 4.77. The minimum Gasteiger partial charge on any atom is -0.298 e. The molecule has 0 unspecified atom stereocenters. The summed E-state index contributed by atoms with van der Waals surface area (Å²) < 4.78 is 0.950. The monoisotopic (exact) mass is 338 g/mol. The topological polar surface area (TPSA) is 42.0 Å². The summed E-state index contributed by atoms with van der Waals surface area (Å²) in [5, 5.41) is 6.08. The average molecular weight is 339 g/mol.